The van der Waals surface area contributed by atoms with Gasteiger partial charge in [0.1, 0.15) is 17.4 Å². The lowest BCUT2D eigenvalue weighted by atomic mass is 10.2. The molecule has 2 heterocycles. The van der Waals surface area contributed by atoms with Gasteiger partial charge >= 0.3 is 0 Å². The predicted molar refractivity (Wildman–Crippen MR) is 73.1 cm³/mol. The monoisotopic (exact) mass is 268 g/mol. The van der Waals surface area contributed by atoms with Crippen molar-refractivity contribution in [3.05, 3.63) is 54.1 Å². The van der Waals surface area contributed by atoms with Gasteiger partial charge in [-0.05, 0) is 18.2 Å². The van der Waals surface area contributed by atoms with Crippen molar-refractivity contribution in [2.75, 3.05) is 0 Å². The molecule has 5 heteroatoms. The minimum absolute atomic E-state index is 0.272. The molecule has 0 atom stereocenters. The number of imidazole rings is 1. The highest BCUT2D eigenvalue weighted by atomic mass is 35.5. The van der Waals surface area contributed by atoms with Crippen LogP contribution < -0.4 is 0 Å². The topological polar surface area (TPSA) is 54.5 Å². The average Bonchev–Trinajstić information content (AvgIpc) is 2.85. The normalized spacial score (nSPS) is 10.5. The zero-order valence-corrected chi connectivity index (χ0v) is 10.7. The third-order valence-electron chi connectivity index (χ3n) is 2.91. The van der Waals surface area contributed by atoms with Crippen LogP contribution in [0.2, 0.25) is 0 Å². The number of alkyl halides is 1. The van der Waals surface area contributed by atoms with Gasteiger partial charge in [-0.1, -0.05) is 12.1 Å². The maximum Gasteiger partial charge on any atom is 0.129 e. The summed E-state index contributed by atoms with van der Waals surface area (Å²) in [5, 5.41) is 9.22. The van der Waals surface area contributed by atoms with E-state index in [2.05, 4.69) is 16.0 Å². The molecule has 0 aliphatic carbocycles. The second kappa shape index (κ2) is 4.71. The number of hydrogen-bond donors (Lipinski definition) is 0. The molecule has 92 valence electrons. The van der Waals surface area contributed by atoms with Crippen LogP contribution in [0, 0.1) is 11.3 Å². The molecule has 0 saturated carbocycles. The third kappa shape index (κ3) is 1.85. The molecule has 0 N–H and O–H groups in total. The molecule has 2 aromatic heterocycles. The van der Waals surface area contributed by atoms with Gasteiger partial charge in [0.2, 0.25) is 0 Å². The van der Waals surface area contributed by atoms with Gasteiger partial charge < -0.3 is 0 Å². The first-order chi connectivity index (χ1) is 9.35. The van der Waals surface area contributed by atoms with Gasteiger partial charge in [0.25, 0.3) is 0 Å². The summed E-state index contributed by atoms with van der Waals surface area (Å²) in [5.74, 6) is 0.974. The van der Waals surface area contributed by atoms with Crippen molar-refractivity contribution in [2.24, 2.45) is 0 Å². The van der Waals surface area contributed by atoms with Gasteiger partial charge in [-0.3, -0.25) is 9.55 Å². The Morgan fingerprint density at radius 2 is 2.11 bits per heavy atom. The molecule has 0 radical (unpaired) electrons. The predicted octanol–water partition coefficient (Wildman–Crippen LogP) is 3.03. The number of para-hydroxylation sites is 1. The van der Waals surface area contributed by atoms with E-state index in [9.17, 15) is 5.26 Å². The van der Waals surface area contributed by atoms with Crippen LogP contribution in [-0.4, -0.2) is 14.5 Å². The summed E-state index contributed by atoms with van der Waals surface area (Å²) in [6.45, 7) is 0. The van der Waals surface area contributed by atoms with Crippen molar-refractivity contribution in [3.8, 4) is 11.8 Å². The number of nitriles is 1. The molecule has 0 aliphatic rings. The van der Waals surface area contributed by atoms with E-state index in [4.69, 9.17) is 11.6 Å². The first kappa shape index (κ1) is 11.7. The Morgan fingerprint density at radius 1 is 1.26 bits per heavy atom. The number of nitrogens with zero attached hydrogens (tertiary/aromatic N) is 4. The highest BCUT2D eigenvalue weighted by molar-refractivity contribution is 6.17. The van der Waals surface area contributed by atoms with Crippen LogP contribution >= 0.6 is 11.6 Å². The van der Waals surface area contributed by atoms with E-state index in [1.54, 1.807) is 18.5 Å². The average molecular weight is 269 g/mol. The van der Waals surface area contributed by atoms with Crippen molar-refractivity contribution >= 4 is 22.6 Å². The molecule has 3 rings (SSSR count). The van der Waals surface area contributed by atoms with Gasteiger partial charge in [-0.15, -0.1) is 11.6 Å². The minimum atomic E-state index is 0.272. The van der Waals surface area contributed by atoms with Crippen LogP contribution in [0.1, 0.15) is 11.4 Å². The number of rotatable bonds is 2. The summed E-state index contributed by atoms with van der Waals surface area (Å²) < 4.78 is 1.91. The summed E-state index contributed by atoms with van der Waals surface area (Å²) in [6.07, 6.45) is 3.39. The molecule has 0 unspecified atom stereocenters. The molecular formula is C14H9ClN4. The van der Waals surface area contributed by atoms with Gasteiger partial charge in [0.05, 0.1) is 28.8 Å². The van der Waals surface area contributed by atoms with E-state index in [0.29, 0.717) is 11.4 Å². The number of pyridine rings is 1. The fourth-order valence-electron chi connectivity index (χ4n) is 2.10. The SMILES string of the molecule is N#Cc1ccccc1-n1c(CCl)nc2cnccc21. The molecule has 0 spiro atoms. The Hall–Kier alpha value is -2.38. The Morgan fingerprint density at radius 3 is 2.89 bits per heavy atom. The summed E-state index contributed by atoms with van der Waals surface area (Å²) in [7, 11) is 0. The largest absolute Gasteiger partial charge is 0.294 e. The fourth-order valence-corrected chi connectivity index (χ4v) is 2.28. The first-order valence-corrected chi connectivity index (χ1v) is 6.25. The molecule has 4 nitrogen and oxygen atoms in total. The first-order valence-electron chi connectivity index (χ1n) is 5.72. The van der Waals surface area contributed by atoms with Gasteiger partial charge in [-0.2, -0.15) is 5.26 Å². The molecule has 0 amide bonds. The molecule has 0 bridgehead atoms. The van der Waals surface area contributed by atoms with Crippen LogP contribution in [0.15, 0.2) is 42.7 Å². The molecule has 1 aromatic carbocycles. The van der Waals surface area contributed by atoms with E-state index in [0.717, 1.165) is 16.7 Å². The Bertz CT molecular complexity index is 785. The van der Waals surface area contributed by atoms with Crippen molar-refractivity contribution in [2.45, 2.75) is 5.88 Å². The Labute approximate surface area is 114 Å². The lowest BCUT2D eigenvalue weighted by Gasteiger charge is -2.09. The van der Waals surface area contributed by atoms with Crippen molar-refractivity contribution < 1.29 is 0 Å². The Kier molecular flexibility index (Phi) is 2.90. The fraction of sp³-hybridized carbons (Fsp3) is 0.0714. The van der Waals surface area contributed by atoms with Crippen LogP contribution in [0.3, 0.4) is 0 Å². The van der Waals surface area contributed by atoms with E-state index in [1.165, 1.54) is 0 Å². The maximum absolute atomic E-state index is 9.22. The zero-order chi connectivity index (χ0) is 13.2. The number of fused-ring (bicyclic) bond motifs is 1. The molecule has 0 saturated heterocycles. The summed E-state index contributed by atoms with van der Waals surface area (Å²) in [4.78, 5) is 8.50. The summed E-state index contributed by atoms with van der Waals surface area (Å²) in [5.41, 5.74) is 3.04. The zero-order valence-electron chi connectivity index (χ0n) is 9.92. The van der Waals surface area contributed by atoms with Crippen molar-refractivity contribution in [3.63, 3.8) is 0 Å². The summed E-state index contributed by atoms with van der Waals surface area (Å²) >= 11 is 5.96. The second-order valence-corrected chi connectivity index (χ2v) is 4.26. The van der Waals surface area contributed by atoms with Crippen LogP contribution in [0.25, 0.3) is 16.7 Å². The molecule has 0 aliphatic heterocycles. The highest BCUT2D eigenvalue weighted by Crippen LogP contribution is 2.24. The molecule has 19 heavy (non-hydrogen) atoms. The van der Waals surface area contributed by atoms with E-state index in [-0.39, 0.29) is 5.88 Å². The maximum atomic E-state index is 9.22. The highest BCUT2D eigenvalue weighted by Gasteiger charge is 2.13. The lowest BCUT2D eigenvalue weighted by molar-refractivity contribution is 0.978. The molecular weight excluding hydrogens is 260 g/mol. The minimum Gasteiger partial charge on any atom is -0.294 e. The van der Waals surface area contributed by atoms with Crippen LogP contribution in [0.4, 0.5) is 0 Å². The number of aromatic nitrogens is 3. The quantitative estimate of drug-likeness (QED) is 0.671. The van der Waals surface area contributed by atoms with E-state index >= 15 is 0 Å². The van der Waals surface area contributed by atoms with Crippen molar-refractivity contribution in [1.82, 2.24) is 14.5 Å². The number of hydrogen-bond acceptors (Lipinski definition) is 3. The number of halogens is 1. The standard InChI is InChI=1S/C14H9ClN4/c15-7-14-18-11-9-17-6-5-13(11)19(14)12-4-2-1-3-10(12)8-16/h1-6,9H,7H2. The smallest absolute Gasteiger partial charge is 0.129 e. The van der Waals surface area contributed by atoms with E-state index < -0.39 is 0 Å². The van der Waals surface area contributed by atoms with Gasteiger partial charge in [0, 0.05) is 6.20 Å². The van der Waals surface area contributed by atoms with Gasteiger partial charge in [-0.25, -0.2) is 4.98 Å². The Balaban J connectivity index is 2.39. The van der Waals surface area contributed by atoms with E-state index in [1.807, 2.05) is 28.8 Å². The summed E-state index contributed by atoms with van der Waals surface area (Å²) in [6, 6.07) is 11.4. The second-order valence-electron chi connectivity index (χ2n) is 3.99. The van der Waals surface area contributed by atoms with Crippen LogP contribution in [0.5, 0.6) is 0 Å². The van der Waals surface area contributed by atoms with Crippen LogP contribution in [-0.2, 0) is 5.88 Å². The lowest BCUT2D eigenvalue weighted by Crippen LogP contribution is -2.01. The van der Waals surface area contributed by atoms with Gasteiger partial charge in [0.15, 0.2) is 0 Å². The molecule has 3 aromatic rings. The third-order valence-corrected chi connectivity index (χ3v) is 3.15. The van der Waals surface area contributed by atoms with Crippen molar-refractivity contribution in [1.29, 1.82) is 5.26 Å². The number of benzene rings is 1. The molecule has 0 fully saturated rings.